The summed E-state index contributed by atoms with van der Waals surface area (Å²) >= 11 is 0. The summed E-state index contributed by atoms with van der Waals surface area (Å²) in [7, 11) is -6.13. The maximum absolute atomic E-state index is 10.9. The molecule has 0 aliphatic carbocycles. The molecule has 0 radical (unpaired) electrons. The highest BCUT2D eigenvalue weighted by Crippen LogP contribution is 2.23. The zero-order valence-corrected chi connectivity index (χ0v) is 24.2. The van der Waals surface area contributed by atoms with Gasteiger partial charge in [0.05, 0.1) is 24.5 Å². The average Bonchev–Trinajstić information content (AvgIpc) is 2.77. The van der Waals surface area contributed by atoms with Crippen molar-refractivity contribution < 1.29 is 35.1 Å². The summed E-state index contributed by atoms with van der Waals surface area (Å²) in [5.41, 5.74) is 6.74. The lowest BCUT2D eigenvalue weighted by molar-refractivity contribution is -0.385. The van der Waals surface area contributed by atoms with Gasteiger partial charge in [0.1, 0.15) is 0 Å². The van der Waals surface area contributed by atoms with Gasteiger partial charge in [0.25, 0.3) is 20.4 Å². The van der Waals surface area contributed by atoms with E-state index in [1.54, 1.807) is 13.0 Å². The molecule has 0 aliphatic rings. The molecule has 3 rings (SSSR count). The average molecular weight is 638 g/mol. The molecule has 218 valence electrons. The number of hydrogen-bond donors (Lipinski definition) is 3. The Labute approximate surface area is 234 Å². The van der Waals surface area contributed by atoms with Crippen molar-refractivity contribution in [2.24, 2.45) is 10.3 Å². The molecule has 0 heterocycles. The maximum Gasteiger partial charge on any atom is 0.269 e. The molecule has 6 N–H and O–H groups in total. The highest BCUT2D eigenvalue weighted by molar-refractivity contribution is 8.13. The number of nitrogen functional groups attached to an aromatic ring is 1. The number of primary sulfonamides is 2. The summed E-state index contributed by atoms with van der Waals surface area (Å²) in [5, 5.41) is 30.5. The van der Waals surface area contributed by atoms with E-state index < -0.39 is 38.9 Å². The van der Waals surface area contributed by atoms with E-state index in [0.29, 0.717) is 11.3 Å². The number of nitrogens with zero attached hydrogens (tertiary/aromatic N) is 2. The zero-order valence-electron chi connectivity index (χ0n) is 21.0. The second kappa shape index (κ2) is 13.1. The van der Waals surface area contributed by atoms with Crippen LogP contribution in [0.15, 0.2) is 69.3 Å². The van der Waals surface area contributed by atoms with Crippen LogP contribution in [0.4, 0.5) is 17.1 Å². The van der Waals surface area contributed by atoms with Crippen LogP contribution < -0.4 is 16.0 Å². The van der Waals surface area contributed by atoms with Crippen LogP contribution in [-0.2, 0) is 29.1 Å². The predicted octanol–water partition coefficient (Wildman–Crippen LogP) is 2.61. The van der Waals surface area contributed by atoms with Crippen LogP contribution in [0.25, 0.3) is 0 Å². The topological polar surface area (TPSA) is 267 Å². The number of nitrogens with two attached hydrogens (primary N) is 3. The third kappa shape index (κ3) is 10.1. The maximum atomic E-state index is 10.9. The van der Waals surface area contributed by atoms with Crippen LogP contribution in [0.2, 0.25) is 0 Å². The number of halogens is 1. The van der Waals surface area contributed by atoms with Crippen molar-refractivity contribution in [3.63, 3.8) is 0 Å². The highest BCUT2D eigenvalue weighted by Gasteiger charge is 2.17. The van der Waals surface area contributed by atoms with Gasteiger partial charge in [0.2, 0.25) is 20.0 Å². The molecular formula is C21H24ClN5O10S3. The molecule has 40 heavy (non-hydrogen) atoms. The quantitative estimate of drug-likeness (QED) is 0.158. The molecule has 0 atom stereocenters. The summed E-state index contributed by atoms with van der Waals surface area (Å²) < 4.78 is 65.6. The second-order valence-corrected chi connectivity index (χ2v) is 13.6. The van der Waals surface area contributed by atoms with Gasteiger partial charge in [0, 0.05) is 40.6 Å². The Balaban J connectivity index is 0.000000301. The van der Waals surface area contributed by atoms with Gasteiger partial charge in [-0.1, -0.05) is 0 Å². The van der Waals surface area contributed by atoms with Crippen molar-refractivity contribution in [1.82, 2.24) is 0 Å². The third-order valence-corrected chi connectivity index (χ3v) is 8.44. The fourth-order valence-electron chi connectivity index (χ4n) is 3.08. The van der Waals surface area contributed by atoms with E-state index in [2.05, 4.69) is 0 Å². The highest BCUT2D eigenvalue weighted by atomic mass is 35.7. The minimum atomic E-state index is -3.83. The van der Waals surface area contributed by atoms with Crippen molar-refractivity contribution in [3.05, 3.63) is 91.5 Å². The number of aryl methyl sites for hydroxylation is 3. The molecule has 0 bridgehead atoms. The summed E-state index contributed by atoms with van der Waals surface area (Å²) in [6.07, 6.45) is 0. The Morgan fingerprint density at radius 1 is 0.625 bits per heavy atom. The van der Waals surface area contributed by atoms with E-state index in [9.17, 15) is 45.5 Å². The first-order chi connectivity index (χ1) is 18.1. The monoisotopic (exact) mass is 637 g/mol. The van der Waals surface area contributed by atoms with E-state index >= 15 is 0 Å². The Bertz CT molecular complexity index is 1690. The third-order valence-electron chi connectivity index (χ3n) is 4.81. The van der Waals surface area contributed by atoms with Crippen molar-refractivity contribution in [1.29, 1.82) is 0 Å². The van der Waals surface area contributed by atoms with Crippen LogP contribution >= 0.6 is 10.7 Å². The zero-order chi connectivity index (χ0) is 31.2. The van der Waals surface area contributed by atoms with Crippen LogP contribution in [0.1, 0.15) is 16.7 Å². The lowest BCUT2D eigenvalue weighted by Gasteiger charge is -2.02. The molecule has 19 heteroatoms. The van der Waals surface area contributed by atoms with Crippen molar-refractivity contribution in [2.45, 2.75) is 35.5 Å². The first kappa shape index (κ1) is 34.3. The summed E-state index contributed by atoms with van der Waals surface area (Å²) in [6.45, 7) is 4.55. The molecule has 0 unspecified atom stereocenters. The van der Waals surface area contributed by atoms with Crippen molar-refractivity contribution in [3.8, 4) is 0 Å². The predicted molar refractivity (Wildman–Crippen MR) is 147 cm³/mol. The van der Waals surface area contributed by atoms with Crippen LogP contribution in [0.5, 0.6) is 0 Å². The van der Waals surface area contributed by atoms with Crippen molar-refractivity contribution in [2.75, 3.05) is 5.73 Å². The number of sulfonamides is 2. The van der Waals surface area contributed by atoms with Gasteiger partial charge in [-0.15, -0.1) is 0 Å². The van der Waals surface area contributed by atoms with E-state index in [-0.39, 0.29) is 37.2 Å². The molecule has 15 nitrogen and oxygen atoms in total. The molecule has 0 saturated heterocycles. The molecule has 3 aromatic carbocycles. The minimum Gasteiger partial charge on any atom is -0.399 e. The second-order valence-electron chi connectivity index (χ2n) is 7.97. The number of anilines is 1. The Morgan fingerprint density at radius 2 is 0.950 bits per heavy atom. The van der Waals surface area contributed by atoms with Crippen molar-refractivity contribution >= 4 is 56.8 Å². The van der Waals surface area contributed by atoms with Gasteiger partial charge in [0.15, 0.2) is 0 Å². The molecule has 3 aromatic rings. The van der Waals surface area contributed by atoms with Gasteiger partial charge in [-0.25, -0.2) is 35.5 Å². The number of non-ortho nitro benzene ring substituents is 2. The summed E-state index contributed by atoms with van der Waals surface area (Å²) in [5.74, 6) is 0. The van der Waals surface area contributed by atoms with Gasteiger partial charge in [-0.05, 0) is 67.8 Å². The van der Waals surface area contributed by atoms with E-state index in [0.717, 1.165) is 30.3 Å². The summed E-state index contributed by atoms with van der Waals surface area (Å²) in [4.78, 5) is 19.4. The SMILES string of the molecule is Cc1cc(N)ccc1S(N)(=O)=O.Cc1cc([N+](=O)[O-])ccc1S(=O)(=O)Cl.Cc1cc([N+](=O)[O-])ccc1S(N)(=O)=O. The van der Waals surface area contributed by atoms with E-state index in [1.165, 1.54) is 32.0 Å². The van der Waals surface area contributed by atoms with Crippen LogP contribution in [0, 0.1) is 41.0 Å². The number of rotatable bonds is 5. The van der Waals surface area contributed by atoms with Gasteiger partial charge < -0.3 is 5.73 Å². The molecule has 0 spiro atoms. The number of nitro groups is 2. The molecule has 0 aromatic heterocycles. The van der Waals surface area contributed by atoms with Gasteiger partial charge >= 0.3 is 0 Å². The lowest BCUT2D eigenvalue weighted by Crippen LogP contribution is -2.13. The Kier molecular flexibility index (Phi) is 11.3. The Hall–Kier alpha value is -3.68. The number of nitro benzene ring substituents is 2. The molecule has 0 saturated carbocycles. The lowest BCUT2D eigenvalue weighted by atomic mass is 10.2. The number of benzene rings is 3. The van der Waals surface area contributed by atoms with Crippen LogP contribution in [0.3, 0.4) is 0 Å². The molecule has 0 fully saturated rings. The smallest absolute Gasteiger partial charge is 0.269 e. The van der Waals surface area contributed by atoms with E-state index in [4.69, 9.17) is 26.7 Å². The van der Waals surface area contributed by atoms with E-state index in [1.807, 2.05) is 0 Å². The number of hydrogen-bond acceptors (Lipinski definition) is 11. The first-order valence-corrected chi connectivity index (χ1v) is 15.8. The fraction of sp³-hybridized carbons (Fsp3) is 0.143. The minimum absolute atomic E-state index is 0.0944. The fourth-order valence-corrected chi connectivity index (χ4v) is 5.80. The largest absolute Gasteiger partial charge is 0.399 e. The summed E-state index contributed by atoms with van der Waals surface area (Å²) in [6, 6.07) is 11.3. The van der Waals surface area contributed by atoms with Crippen LogP contribution in [-0.4, -0.2) is 35.1 Å². The van der Waals surface area contributed by atoms with Gasteiger partial charge in [-0.2, -0.15) is 0 Å². The molecular weight excluding hydrogens is 614 g/mol. The first-order valence-electron chi connectivity index (χ1n) is 10.4. The normalized spacial score (nSPS) is 11.3. The molecule has 0 aliphatic heterocycles. The standard InChI is InChI=1S/C7H6ClNO4S.C7H8N2O4S.C7H10N2O2S/c2*1-5-4-6(9(10)11)2-3-7(5)14(8,12)13;1-5-4-6(8)2-3-7(5)12(9,10)11/h2-4H,1H3;2-4H,1H3,(H2,8,12,13);2-4H,8H2,1H3,(H2,9,10,11). The molecule has 0 amide bonds. The van der Waals surface area contributed by atoms with Gasteiger partial charge in [-0.3, -0.25) is 20.2 Å². The Morgan fingerprint density at radius 3 is 1.23 bits per heavy atom.